The van der Waals surface area contributed by atoms with Gasteiger partial charge < -0.3 is 9.67 Å². The van der Waals surface area contributed by atoms with Crippen molar-refractivity contribution < 1.29 is 14.7 Å². The van der Waals surface area contributed by atoms with Crippen LogP contribution in [0.2, 0.25) is 0 Å². The molecule has 0 amide bonds. The fourth-order valence-corrected chi connectivity index (χ4v) is 2.98. The topological polar surface area (TPSA) is 76.4 Å². The molecule has 0 atom stereocenters. The molecular weight excluding hydrogens is 366 g/mol. The quantitative estimate of drug-likeness (QED) is 0.378. The summed E-state index contributed by atoms with van der Waals surface area (Å²) in [7, 11) is 0. The molecule has 0 saturated heterocycles. The molecule has 3 rings (SSSR count). The fourth-order valence-electron chi connectivity index (χ4n) is 2.98. The molecule has 2 aromatic carbocycles. The molecule has 0 aliphatic heterocycles. The summed E-state index contributed by atoms with van der Waals surface area (Å²) in [4.78, 5) is 20.6. The third kappa shape index (κ3) is 6.33. The number of hydrogen-bond donors (Lipinski definition) is 2. The smallest absolute Gasteiger partial charge is 0.303 e. The second kappa shape index (κ2) is 10.8. The summed E-state index contributed by atoms with van der Waals surface area (Å²) >= 11 is 0. The zero-order chi connectivity index (χ0) is 20.3. The van der Waals surface area contributed by atoms with Crippen LogP contribution < -0.4 is 5.48 Å². The number of carboxylic acid groups (broad SMARTS) is 1. The average molecular weight is 391 g/mol. The Kier molecular flexibility index (Phi) is 7.60. The van der Waals surface area contributed by atoms with Gasteiger partial charge in [0.2, 0.25) is 0 Å². The number of nitrogens with one attached hydrogen (secondary N) is 1. The molecule has 1 aromatic heterocycles. The summed E-state index contributed by atoms with van der Waals surface area (Å²) in [6.07, 6.45) is 7.53. The van der Waals surface area contributed by atoms with Crippen LogP contribution in [0.3, 0.4) is 0 Å². The lowest BCUT2D eigenvalue weighted by molar-refractivity contribution is -0.137. The van der Waals surface area contributed by atoms with E-state index in [9.17, 15) is 4.79 Å². The lowest BCUT2D eigenvalue weighted by Gasteiger charge is -2.18. The molecule has 6 nitrogen and oxygen atoms in total. The van der Waals surface area contributed by atoms with Crippen LogP contribution in [0.4, 0.5) is 0 Å². The largest absolute Gasteiger partial charge is 0.481 e. The summed E-state index contributed by atoms with van der Waals surface area (Å²) in [6, 6.07) is 20.2. The number of nitrogens with zero attached hydrogens (tertiary/aromatic N) is 2. The van der Waals surface area contributed by atoms with Crippen LogP contribution in [0.1, 0.15) is 30.4 Å². The number of hydroxylamine groups is 1. The van der Waals surface area contributed by atoms with Gasteiger partial charge in [-0.2, -0.15) is 0 Å². The molecule has 0 aliphatic rings. The van der Waals surface area contributed by atoms with Gasteiger partial charge in [0.25, 0.3) is 0 Å². The van der Waals surface area contributed by atoms with Gasteiger partial charge in [-0.15, -0.1) is 0 Å². The minimum Gasteiger partial charge on any atom is -0.481 e. The van der Waals surface area contributed by atoms with Gasteiger partial charge in [0.1, 0.15) is 0 Å². The highest BCUT2D eigenvalue weighted by molar-refractivity contribution is 5.82. The number of unbranched alkanes of at least 4 members (excludes halogenated alkanes) is 1. The number of aromatic nitrogens is 2. The Labute approximate surface area is 170 Å². The number of rotatable bonds is 11. The van der Waals surface area contributed by atoms with Crippen molar-refractivity contribution in [3.05, 3.63) is 90.5 Å². The zero-order valence-corrected chi connectivity index (χ0v) is 16.2. The Morgan fingerprint density at radius 1 is 1.03 bits per heavy atom. The molecule has 0 bridgehead atoms. The van der Waals surface area contributed by atoms with Gasteiger partial charge in [0.15, 0.2) is 0 Å². The molecular formula is C23H25N3O3. The normalized spacial score (nSPS) is 11.7. The van der Waals surface area contributed by atoms with Crippen LogP contribution in [0.25, 0.3) is 11.4 Å². The number of aliphatic carboxylic acids is 1. The van der Waals surface area contributed by atoms with Gasteiger partial charge in [0.05, 0.1) is 24.3 Å². The number of carbonyl (C=O) groups is 1. The van der Waals surface area contributed by atoms with E-state index in [0.29, 0.717) is 25.9 Å². The van der Waals surface area contributed by atoms with E-state index in [4.69, 9.17) is 9.94 Å². The SMILES string of the molecule is O=C(O)CCCCONC(=C(Cc1ccccc1)n1ccnc1)c1ccccc1. The van der Waals surface area contributed by atoms with Crippen molar-refractivity contribution >= 4 is 17.4 Å². The van der Waals surface area contributed by atoms with Crippen molar-refractivity contribution in [2.24, 2.45) is 0 Å². The molecule has 0 unspecified atom stereocenters. The molecule has 0 aliphatic carbocycles. The maximum Gasteiger partial charge on any atom is 0.303 e. The molecule has 6 heteroatoms. The van der Waals surface area contributed by atoms with Crippen molar-refractivity contribution in [3.63, 3.8) is 0 Å². The molecule has 1 heterocycles. The minimum absolute atomic E-state index is 0.152. The van der Waals surface area contributed by atoms with Gasteiger partial charge in [-0.3, -0.25) is 15.1 Å². The maximum absolute atomic E-state index is 10.6. The van der Waals surface area contributed by atoms with E-state index in [1.165, 1.54) is 5.56 Å². The number of benzene rings is 2. The Bertz CT molecular complexity index is 907. The van der Waals surface area contributed by atoms with E-state index in [-0.39, 0.29) is 6.42 Å². The maximum atomic E-state index is 10.6. The second-order valence-electron chi connectivity index (χ2n) is 6.62. The van der Waals surface area contributed by atoms with Crippen LogP contribution in [0.5, 0.6) is 0 Å². The first-order chi connectivity index (χ1) is 14.2. The number of hydrogen-bond acceptors (Lipinski definition) is 4. The van der Waals surface area contributed by atoms with Crippen molar-refractivity contribution in [2.45, 2.75) is 25.7 Å². The number of imidazole rings is 1. The van der Waals surface area contributed by atoms with Gasteiger partial charge in [-0.05, 0) is 18.4 Å². The highest BCUT2D eigenvalue weighted by Gasteiger charge is 2.13. The van der Waals surface area contributed by atoms with E-state index in [1.54, 1.807) is 12.5 Å². The molecule has 150 valence electrons. The summed E-state index contributed by atoms with van der Waals surface area (Å²) in [5.74, 6) is -0.784. The molecule has 29 heavy (non-hydrogen) atoms. The Morgan fingerprint density at radius 3 is 2.41 bits per heavy atom. The van der Waals surface area contributed by atoms with Crippen LogP contribution in [-0.2, 0) is 16.1 Å². The van der Waals surface area contributed by atoms with Crippen LogP contribution in [-0.4, -0.2) is 27.2 Å². The van der Waals surface area contributed by atoms with Crippen molar-refractivity contribution in [3.8, 4) is 0 Å². The first-order valence-corrected chi connectivity index (χ1v) is 9.64. The highest BCUT2D eigenvalue weighted by atomic mass is 16.6. The van der Waals surface area contributed by atoms with Crippen molar-refractivity contribution in [2.75, 3.05) is 6.61 Å². The first-order valence-electron chi connectivity index (χ1n) is 9.64. The van der Waals surface area contributed by atoms with E-state index in [0.717, 1.165) is 17.0 Å². The molecule has 3 aromatic rings. The average Bonchev–Trinajstić information content (AvgIpc) is 3.28. The predicted molar refractivity (Wildman–Crippen MR) is 112 cm³/mol. The fraction of sp³-hybridized carbons (Fsp3) is 0.217. The van der Waals surface area contributed by atoms with Crippen molar-refractivity contribution in [1.82, 2.24) is 15.0 Å². The molecule has 2 N–H and O–H groups in total. The summed E-state index contributed by atoms with van der Waals surface area (Å²) < 4.78 is 1.98. The van der Waals surface area contributed by atoms with Crippen LogP contribution >= 0.6 is 0 Å². The van der Waals surface area contributed by atoms with Crippen LogP contribution in [0, 0.1) is 0 Å². The molecule has 0 radical (unpaired) electrons. The van der Waals surface area contributed by atoms with Crippen molar-refractivity contribution in [1.29, 1.82) is 0 Å². The van der Waals surface area contributed by atoms with E-state index in [1.807, 2.05) is 59.3 Å². The third-order valence-electron chi connectivity index (χ3n) is 4.44. The first kappa shape index (κ1) is 20.4. The monoisotopic (exact) mass is 391 g/mol. The highest BCUT2D eigenvalue weighted by Crippen LogP contribution is 2.23. The van der Waals surface area contributed by atoms with E-state index >= 15 is 0 Å². The van der Waals surface area contributed by atoms with Gasteiger partial charge in [-0.25, -0.2) is 4.98 Å². The Morgan fingerprint density at radius 2 is 1.76 bits per heavy atom. The number of allylic oxidation sites excluding steroid dienone is 1. The molecule has 0 spiro atoms. The van der Waals surface area contributed by atoms with Gasteiger partial charge >= 0.3 is 5.97 Å². The lowest BCUT2D eigenvalue weighted by Crippen LogP contribution is -2.18. The Hall–Kier alpha value is -3.38. The number of carboxylic acids is 1. The third-order valence-corrected chi connectivity index (χ3v) is 4.44. The van der Waals surface area contributed by atoms with Gasteiger partial charge in [0, 0.05) is 30.8 Å². The minimum atomic E-state index is -0.784. The summed E-state index contributed by atoms with van der Waals surface area (Å²) in [6.45, 7) is 0.423. The molecule has 0 fully saturated rings. The summed E-state index contributed by atoms with van der Waals surface area (Å²) in [5.41, 5.74) is 7.15. The van der Waals surface area contributed by atoms with E-state index < -0.39 is 5.97 Å². The molecule has 0 saturated carbocycles. The lowest BCUT2D eigenvalue weighted by atomic mass is 10.0. The summed E-state index contributed by atoms with van der Waals surface area (Å²) in [5, 5.41) is 8.75. The second-order valence-corrected chi connectivity index (χ2v) is 6.62. The van der Waals surface area contributed by atoms with Crippen LogP contribution in [0.15, 0.2) is 79.4 Å². The standard InChI is InChI=1S/C23H25N3O3/c27-22(28)13-7-8-16-29-25-23(20-11-5-2-6-12-20)21(26-15-14-24-18-26)17-19-9-3-1-4-10-19/h1-6,9-12,14-15,18,25H,7-8,13,16-17H2,(H,27,28). The Balaban J connectivity index is 1.85. The van der Waals surface area contributed by atoms with E-state index in [2.05, 4.69) is 22.6 Å². The zero-order valence-electron chi connectivity index (χ0n) is 16.2. The predicted octanol–water partition coefficient (Wildman–Crippen LogP) is 4.23. The van der Waals surface area contributed by atoms with Gasteiger partial charge in [-0.1, -0.05) is 60.7 Å².